The minimum Gasteiger partial charge on any atom is -0.366 e. The van der Waals surface area contributed by atoms with E-state index < -0.39 is 65.1 Å². The number of nitrogens with two attached hydrogens (primary N) is 1. The first-order valence-corrected chi connectivity index (χ1v) is 9.71. The summed E-state index contributed by atoms with van der Waals surface area (Å²) in [6.07, 6.45) is -5.46. The first kappa shape index (κ1) is 23.6. The molecule has 32 heavy (non-hydrogen) atoms. The quantitative estimate of drug-likeness (QED) is 0.640. The van der Waals surface area contributed by atoms with Crippen LogP contribution in [0.3, 0.4) is 0 Å². The molecule has 0 unspecified atom stereocenters. The molecule has 3 N–H and O–H groups in total. The van der Waals surface area contributed by atoms with E-state index in [0.717, 1.165) is 29.8 Å². The summed E-state index contributed by atoms with van der Waals surface area (Å²) in [5.74, 6) is -6.19. The Morgan fingerprint density at radius 1 is 1.25 bits per heavy atom. The lowest BCUT2D eigenvalue weighted by Gasteiger charge is -2.28. The number of hydrogen-bond donors (Lipinski definition) is 2. The summed E-state index contributed by atoms with van der Waals surface area (Å²) in [6.45, 7) is 0.932. The van der Waals surface area contributed by atoms with E-state index in [0.29, 0.717) is 0 Å². The van der Waals surface area contributed by atoms with Crippen molar-refractivity contribution in [1.29, 1.82) is 0 Å². The molecule has 0 atom stereocenters. The molecule has 0 radical (unpaired) electrons. The average molecular weight is 462 g/mol. The molecule has 6 nitrogen and oxygen atoms in total. The van der Waals surface area contributed by atoms with Gasteiger partial charge in [0.2, 0.25) is 5.92 Å². The zero-order chi connectivity index (χ0) is 23.8. The van der Waals surface area contributed by atoms with Gasteiger partial charge in [0.15, 0.2) is 5.69 Å². The van der Waals surface area contributed by atoms with E-state index in [1.807, 2.05) is 0 Å². The van der Waals surface area contributed by atoms with Gasteiger partial charge >= 0.3 is 6.18 Å². The summed E-state index contributed by atoms with van der Waals surface area (Å²) in [4.78, 5) is 24.1. The van der Waals surface area contributed by atoms with Gasteiger partial charge in [0.05, 0.1) is 5.56 Å². The Hall–Kier alpha value is -3.05. The lowest BCUT2D eigenvalue weighted by atomic mass is 9.87. The Labute approximate surface area is 178 Å². The van der Waals surface area contributed by atoms with Crippen molar-refractivity contribution in [1.82, 2.24) is 9.78 Å². The monoisotopic (exact) mass is 462 g/mol. The first-order valence-electron chi connectivity index (χ1n) is 9.71. The second-order valence-electron chi connectivity index (χ2n) is 7.81. The Morgan fingerprint density at radius 3 is 2.44 bits per heavy atom. The Bertz CT molecular complexity index is 1040. The van der Waals surface area contributed by atoms with Gasteiger partial charge < -0.3 is 11.1 Å². The number of carbonyl (C=O) groups is 2. The van der Waals surface area contributed by atoms with Gasteiger partial charge in [-0.3, -0.25) is 14.3 Å². The number of primary amides is 1. The molecule has 0 aliphatic heterocycles. The van der Waals surface area contributed by atoms with E-state index >= 15 is 0 Å². The van der Waals surface area contributed by atoms with E-state index in [9.17, 15) is 35.9 Å². The average Bonchev–Trinajstić information content (AvgIpc) is 3.01. The molecule has 1 saturated carbocycles. The van der Waals surface area contributed by atoms with Crippen LogP contribution in [0.5, 0.6) is 0 Å². The highest BCUT2D eigenvalue weighted by Gasteiger charge is 2.40. The second kappa shape index (κ2) is 8.47. The van der Waals surface area contributed by atoms with Crippen LogP contribution in [0.15, 0.2) is 18.2 Å². The van der Waals surface area contributed by atoms with Crippen molar-refractivity contribution in [2.24, 2.45) is 11.7 Å². The topological polar surface area (TPSA) is 90.0 Å². The van der Waals surface area contributed by atoms with Crippen LogP contribution in [0, 0.1) is 18.7 Å². The highest BCUT2D eigenvalue weighted by molar-refractivity contribution is 6.05. The number of carbonyl (C=O) groups excluding carboxylic acids is 2. The summed E-state index contributed by atoms with van der Waals surface area (Å²) >= 11 is 0. The van der Waals surface area contributed by atoms with E-state index in [4.69, 9.17) is 5.73 Å². The van der Waals surface area contributed by atoms with Crippen LogP contribution >= 0.6 is 0 Å². The molecule has 1 aliphatic rings. The van der Waals surface area contributed by atoms with Crippen molar-refractivity contribution >= 4 is 17.5 Å². The van der Waals surface area contributed by atoms with Crippen LogP contribution in [0.1, 0.15) is 57.8 Å². The van der Waals surface area contributed by atoms with Gasteiger partial charge in [-0.2, -0.15) is 18.3 Å². The predicted molar refractivity (Wildman–Crippen MR) is 102 cm³/mol. The van der Waals surface area contributed by atoms with Crippen molar-refractivity contribution < 1.29 is 35.9 Å². The van der Waals surface area contributed by atoms with Gasteiger partial charge in [-0.25, -0.2) is 13.2 Å². The maximum absolute atomic E-state index is 13.7. The number of nitrogens with zero attached hydrogens (tertiary/aromatic N) is 2. The van der Waals surface area contributed by atoms with Gasteiger partial charge in [0.25, 0.3) is 11.8 Å². The molecule has 1 aromatic carbocycles. The van der Waals surface area contributed by atoms with Crippen molar-refractivity contribution in [2.75, 3.05) is 5.32 Å². The molecule has 1 aliphatic carbocycles. The smallest absolute Gasteiger partial charge is 0.366 e. The molecule has 1 heterocycles. The standard InChI is InChI=1S/C20H20F6N4O2/c1-10-15(18(32)28-12-2-3-14(21)13(8-12)17(27)31)30(29-16(10)20(24,25)26)9-11-4-6-19(22,23)7-5-11/h2-3,8,11H,4-7,9H2,1H3,(H2,27,31)(H,28,32). The fourth-order valence-corrected chi connectivity index (χ4v) is 3.75. The third kappa shape index (κ3) is 5.05. The fraction of sp³-hybridized carbons (Fsp3) is 0.450. The van der Waals surface area contributed by atoms with Crippen LogP contribution in [0.4, 0.5) is 32.0 Å². The van der Waals surface area contributed by atoms with E-state index in [1.165, 1.54) is 0 Å². The molecule has 2 aromatic rings. The van der Waals surface area contributed by atoms with Crippen molar-refractivity contribution in [3.05, 3.63) is 46.5 Å². The Kier molecular flexibility index (Phi) is 6.25. The molecule has 0 saturated heterocycles. The van der Waals surface area contributed by atoms with E-state index in [2.05, 4.69) is 10.4 Å². The lowest BCUT2D eigenvalue weighted by Crippen LogP contribution is -2.28. The van der Waals surface area contributed by atoms with Crippen LogP contribution in [0.25, 0.3) is 0 Å². The number of amides is 2. The lowest BCUT2D eigenvalue weighted by molar-refractivity contribution is -0.142. The minimum atomic E-state index is -4.83. The number of rotatable bonds is 5. The highest BCUT2D eigenvalue weighted by Crippen LogP contribution is 2.38. The third-order valence-electron chi connectivity index (χ3n) is 5.43. The molecule has 1 aromatic heterocycles. The molecule has 0 bridgehead atoms. The van der Waals surface area contributed by atoms with Crippen LogP contribution in [-0.2, 0) is 12.7 Å². The highest BCUT2D eigenvalue weighted by atomic mass is 19.4. The number of hydrogen-bond acceptors (Lipinski definition) is 3. The number of anilines is 1. The normalized spacial score (nSPS) is 16.7. The van der Waals surface area contributed by atoms with Crippen LogP contribution < -0.4 is 11.1 Å². The molecule has 174 valence electrons. The minimum absolute atomic E-state index is 0.0665. The summed E-state index contributed by atoms with van der Waals surface area (Å²) < 4.78 is 81.6. The van der Waals surface area contributed by atoms with Gasteiger partial charge in [0, 0.05) is 30.6 Å². The van der Waals surface area contributed by atoms with Crippen molar-refractivity contribution in [2.45, 2.75) is 51.3 Å². The molecule has 0 spiro atoms. The Morgan fingerprint density at radius 2 is 1.88 bits per heavy atom. The largest absolute Gasteiger partial charge is 0.435 e. The summed E-state index contributed by atoms with van der Waals surface area (Å²) in [5, 5.41) is 5.86. The maximum Gasteiger partial charge on any atom is 0.435 e. The summed E-state index contributed by atoms with van der Waals surface area (Å²) in [6, 6.07) is 2.95. The molecule has 1 fully saturated rings. The molecule has 3 rings (SSSR count). The Balaban J connectivity index is 1.92. The maximum atomic E-state index is 13.7. The number of alkyl halides is 5. The number of benzene rings is 1. The van der Waals surface area contributed by atoms with Gasteiger partial charge in [-0.15, -0.1) is 0 Å². The zero-order valence-electron chi connectivity index (χ0n) is 16.9. The fourth-order valence-electron chi connectivity index (χ4n) is 3.75. The number of aromatic nitrogens is 2. The van der Waals surface area contributed by atoms with E-state index in [1.54, 1.807) is 0 Å². The SMILES string of the molecule is Cc1c(C(F)(F)F)nn(CC2CCC(F)(F)CC2)c1C(=O)Nc1ccc(F)c(C(N)=O)c1. The third-order valence-corrected chi connectivity index (χ3v) is 5.43. The zero-order valence-corrected chi connectivity index (χ0v) is 16.9. The van der Waals surface area contributed by atoms with Gasteiger partial charge in [-0.05, 0) is 43.9 Å². The van der Waals surface area contributed by atoms with Crippen molar-refractivity contribution in [3.63, 3.8) is 0 Å². The van der Waals surface area contributed by atoms with Gasteiger partial charge in [0.1, 0.15) is 11.5 Å². The van der Waals surface area contributed by atoms with Gasteiger partial charge in [-0.1, -0.05) is 0 Å². The molecular weight excluding hydrogens is 442 g/mol. The van der Waals surface area contributed by atoms with Crippen LogP contribution in [-0.4, -0.2) is 27.5 Å². The second-order valence-corrected chi connectivity index (χ2v) is 7.81. The van der Waals surface area contributed by atoms with Crippen molar-refractivity contribution in [3.8, 4) is 0 Å². The van der Waals surface area contributed by atoms with Crippen LogP contribution in [0.2, 0.25) is 0 Å². The first-order chi connectivity index (χ1) is 14.8. The summed E-state index contributed by atoms with van der Waals surface area (Å²) in [5.41, 5.74) is 2.39. The molecular formula is C20H20F6N4O2. The number of nitrogens with one attached hydrogen (secondary N) is 1. The number of halogens is 6. The predicted octanol–water partition coefficient (Wildman–Crippen LogP) is 4.53. The molecule has 2 amide bonds. The van der Waals surface area contributed by atoms with E-state index in [-0.39, 0.29) is 31.0 Å². The summed E-state index contributed by atoms with van der Waals surface area (Å²) in [7, 11) is 0. The molecule has 12 heteroatoms.